The van der Waals surface area contributed by atoms with Crippen LogP contribution in [-0.4, -0.2) is 33.1 Å². The number of carboxylic acids is 1. The van der Waals surface area contributed by atoms with Gasteiger partial charge in [-0.1, -0.05) is 0 Å². The number of imidazole rings is 1. The monoisotopic (exact) mass is 293 g/mol. The zero-order valence-electron chi connectivity index (χ0n) is 11.2. The Labute approximate surface area is 120 Å². The van der Waals surface area contributed by atoms with Crippen molar-refractivity contribution in [3.05, 3.63) is 39.6 Å². The highest BCUT2D eigenvalue weighted by molar-refractivity contribution is 7.12. The first-order valence-electron chi connectivity index (χ1n) is 6.07. The lowest BCUT2D eigenvalue weighted by Crippen LogP contribution is -2.27. The number of nitrogens with zero attached hydrogens (tertiary/aromatic N) is 2. The Morgan fingerprint density at radius 2 is 2.20 bits per heavy atom. The molecule has 2 aromatic rings. The minimum atomic E-state index is -1.06. The SMILES string of the molecule is Cc1cc(C(=O)NCCn2cnc(C(=O)O)c2)c(C)s1. The predicted octanol–water partition coefficient (Wildman–Crippen LogP) is 1.69. The van der Waals surface area contributed by atoms with Gasteiger partial charge in [-0.25, -0.2) is 9.78 Å². The summed E-state index contributed by atoms with van der Waals surface area (Å²) in [5, 5.41) is 11.6. The van der Waals surface area contributed by atoms with E-state index in [9.17, 15) is 9.59 Å². The summed E-state index contributed by atoms with van der Waals surface area (Å²) in [6.07, 6.45) is 2.88. The van der Waals surface area contributed by atoms with Gasteiger partial charge in [0.2, 0.25) is 0 Å². The molecule has 2 heterocycles. The Morgan fingerprint density at radius 1 is 1.45 bits per heavy atom. The minimum absolute atomic E-state index is 0.000584. The summed E-state index contributed by atoms with van der Waals surface area (Å²) < 4.78 is 1.63. The van der Waals surface area contributed by atoms with Gasteiger partial charge in [0, 0.05) is 29.0 Å². The third-order valence-corrected chi connectivity index (χ3v) is 3.76. The van der Waals surface area contributed by atoms with Gasteiger partial charge in [0.1, 0.15) is 0 Å². The molecular formula is C13H15N3O3S. The molecule has 0 bridgehead atoms. The maximum atomic E-state index is 12.0. The van der Waals surface area contributed by atoms with E-state index < -0.39 is 5.97 Å². The maximum absolute atomic E-state index is 12.0. The summed E-state index contributed by atoms with van der Waals surface area (Å²) in [7, 11) is 0. The first-order chi connectivity index (χ1) is 9.47. The smallest absolute Gasteiger partial charge is 0.356 e. The van der Waals surface area contributed by atoms with Gasteiger partial charge < -0.3 is 15.0 Å². The van der Waals surface area contributed by atoms with E-state index in [1.807, 2.05) is 19.9 Å². The molecule has 2 aromatic heterocycles. The van der Waals surface area contributed by atoms with Gasteiger partial charge in [0.25, 0.3) is 5.91 Å². The van der Waals surface area contributed by atoms with Crippen LogP contribution in [0.2, 0.25) is 0 Å². The summed E-state index contributed by atoms with van der Waals surface area (Å²) in [6.45, 7) is 4.78. The second-order valence-electron chi connectivity index (χ2n) is 4.38. The zero-order chi connectivity index (χ0) is 14.7. The number of aryl methyl sites for hydroxylation is 2. The van der Waals surface area contributed by atoms with Gasteiger partial charge in [-0.3, -0.25) is 4.79 Å². The van der Waals surface area contributed by atoms with Crippen LogP contribution in [0.1, 0.15) is 30.6 Å². The Kier molecular flexibility index (Phi) is 4.19. The maximum Gasteiger partial charge on any atom is 0.356 e. The fourth-order valence-corrected chi connectivity index (χ4v) is 2.76. The van der Waals surface area contributed by atoms with Crippen LogP contribution in [0.25, 0.3) is 0 Å². The van der Waals surface area contributed by atoms with Crippen LogP contribution in [0, 0.1) is 13.8 Å². The fraction of sp³-hybridized carbons (Fsp3) is 0.308. The molecule has 2 N–H and O–H groups in total. The average molecular weight is 293 g/mol. The molecule has 20 heavy (non-hydrogen) atoms. The Balaban J connectivity index is 1.87. The number of carboxylic acid groups (broad SMARTS) is 1. The van der Waals surface area contributed by atoms with Crippen LogP contribution in [0.5, 0.6) is 0 Å². The second kappa shape index (κ2) is 5.87. The molecule has 7 heteroatoms. The number of thiophene rings is 1. The van der Waals surface area contributed by atoms with Crippen molar-refractivity contribution < 1.29 is 14.7 Å². The molecule has 0 spiro atoms. The molecule has 0 radical (unpaired) electrons. The molecule has 6 nitrogen and oxygen atoms in total. The van der Waals surface area contributed by atoms with Crippen molar-refractivity contribution in [1.29, 1.82) is 0 Å². The highest BCUT2D eigenvalue weighted by Gasteiger charge is 2.11. The molecule has 2 rings (SSSR count). The van der Waals surface area contributed by atoms with Gasteiger partial charge in [0.15, 0.2) is 5.69 Å². The summed E-state index contributed by atoms with van der Waals surface area (Å²) >= 11 is 1.59. The van der Waals surface area contributed by atoms with E-state index in [-0.39, 0.29) is 11.6 Å². The van der Waals surface area contributed by atoms with Crippen molar-refractivity contribution >= 4 is 23.2 Å². The molecule has 0 atom stereocenters. The summed E-state index contributed by atoms with van der Waals surface area (Å²) in [5.74, 6) is -1.16. The predicted molar refractivity (Wildman–Crippen MR) is 75.3 cm³/mol. The van der Waals surface area contributed by atoms with Crippen LogP contribution >= 0.6 is 11.3 Å². The van der Waals surface area contributed by atoms with Crippen LogP contribution in [0.3, 0.4) is 0 Å². The zero-order valence-corrected chi connectivity index (χ0v) is 12.0. The van der Waals surface area contributed by atoms with E-state index in [4.69, 9.17) is 5.11 Å². The van der Waals surface area contributed by atoms with Gasteiger partial charge in [-0.15, -0.1) is 11.3 Å². The van der Waals surface area contributed by atoms with E-state index in [1.54, 1.807) is 15.9 Å². The number of rotatable bonds is 5. The Bertz CT molecular complexity index is 645. The first kappa shape index (κ1) is 14.3. The summed E-state index contributed by atoms with van der Waals surface area (Å²) in [4.78, 5) is 28.5. The number of carbonyl (C=O) groups is 2. The lowest BCUT2D eigenvalue weighted by Gasteiger charge is -2.05. The lowest BCUT2D eigenvalue weighted by atomic mass is 10.2. The number of aromatic nitrogens is 2. The molecule has 0 aliphatic heterocycles. The summed E-state index contributed by atoms with van der Waals surface area (Å²) in [5.41, 5.74) is 0.699. The standard InChI is InChI=1S/C13H15N3O3S/c1-8-5-10(9(2)20-8)12(17)14-3-4-16-6-11(13(18)19)15-7-16/h5-7H,3-4H2,1-2H3,(H,14,17)(H,18,19). The van der Waals surface area contributed by atoms with Crippen molar-refractivity contribution in [3.8, 4) is 0 Å². The number of amides is 1. The van der Waals surface area contributed by atoms with Crippen molar-refractivity contribution in [2.45, 2.75) is 20.4 Å². The molecule has 1 amide bonds. The normalized spacial score (nSPS) is 10.5. The number of nitrogens with one attached hydrogen (secondary N) is 1. The van der Waals surface area contributed by atoms with E-state index in [0.717, 1.165) is 9.75 Å². The number of carbonyl (C=O) groups excluding carboxylic acids is 1. The third kappa shape index (κ3) is 3.24. The molecule has 0 saturated carbocycles. The van der Waals surface area contributed by atoms with Gasteiger partial charge >= 0.3 is 5.97 Å². The molecular weight excluding hydrogens is 278 g/mol. The summed E-state index contributed by atoms with van der Waals surface area (Å²) in [6, 6.07) is 1.87. The van der Waals surface area contributed by atoms with Crippen LogP contribution in [0.15, 0.2) is 18.6 Å². The lowest BCUT2D eigenvalue weighted by molar-refractivity contribution is 0.0690. The minimum Gasteiger partial charge on any atom is -0.476 e. The van der Waals surface area contributed by atoms with Gasteiger partial charge in [0.05, 0.1) is 11.9 Å². The average Bonchev–Trinajstić information content (AvgIpc) is 2.96. The van der Waals surface area contributed by atoms with Crippen LogP contribution < -0.4 is 5.32 Å². The fourth-order valence-electron chi connectivity index (χ4n) is 1.84. The molecule has 0 unspecified atom stereocenters. The van der Waals surface area contributed by atoms with Crippen molar-refractivity contribution in [2.75, 3.05) is 6.54 Å². The Morgan fingerprint density at radius 3 is 2.75 bits per heavy atom. The van der Waals surface area contributed by atoms with Gasteiger partial charge in [-0.2, -0.15) is 0 Å². The van der Waals surface area contributed by atoms with Crippen molar-refractivity contribution in [3.63, 3.8) is 0 Å². The first-order valence-corrected chi connectivity index (χ1v) is 6.89. The molecule has 0 saturated heterocycles. The number of aromatic carboxylic acids is 1. The molecule has 106 valence electrons. The van der Waals surface area contributed by atoms with E-state index >= 15 is 0 Å². The number of hydrogen-bond acceptors (Lipinski definition) is 4. The third-order valence-electron chi connectivity index (χ3n) is 2.79. The topological polar surface area (TPSA) is 84.2 Å². The van der Waals surface area contributed by atoms with Crippen LogP contribution in [0.4, 0.5) is 0 Å². The molecule has 0 aromatic carbocycles. The van der Waals surface area contributed by atoms with Crippen molar-refractivity contribution in [1.82, 2.24) is 14.9 Å². The second-order valence-corrected chi connectivity index (χ2v) is 5.85. The van der Waals surface area contributed by atoms with E-state index in [2.05, 4.69) is 10.3 Å². The van der Waals surface area contributed by atoms with E-state index in [1.165, 1.54) is 12.5 Å². The Hall–Kier alpha value is -2.15. The molecule has 0 aliphatic carbocycles. The van der Waals surface area contributed by atoms with Crippen molar-refractivity contribution in [2.24, 2.45) is 0 Å². The highest BCUT2D eigenvalue weighted by Crippen LogP contribution is 2.20. The highest BCUT2D eigenvalue weighted by atomic mass is 32.1. The molecule has 0 fully saturated rings. The van der Waals surface area contributed by atoms with E-state index in [0.29, 0.717) is 18.7 Å². The van der Waals surface area contributed by atoms with Crippen LogP contribution in [-0.2, 0) is 6.54 Å². The van der Waals surface area contributed by atoms with Gasteiger partial charge in [-0.05, 0) is 19.9 Å². The quantitative estimate of drug-likeness (QED) is 0.878. The number of hydrogen-bond donors (Lipinski definition) is 2. The largest absolute Gasteiger partial charge is 0.476 e. The molecule has 0 aliphatic rings.